The monoisotopic (exact) mass is 296 g/mol. The fourth-order valence-corrected chi connectivity index (χ4v) is 4.02. The van der Waals surface area contributed by atoms with E-state index < -0.39 is 0 Å². The van der Waals surface area contributed by atoms with Crippen molar-refractivity contribution in [2.45, 2.75) is 75.5 Å². The lowest BCUT2D eigenvalue weighted by Gasteiger charge is -2.16. The molecule has 0 aliphatic heterocycles. The van der Waals surface area contributed by atoms with E-state index in [1.165, 1.54) is 41.3 Å². The van der Waals surface area contributed by atoms with Crippen LogP contribution in [-0.4, -0.2) is 15.8 Å². The second-order valence-corrected chi connectivity index (χ2v) is 9.72. The van der Waals surface area contributed by atoms with Gasteiger partial charge in [0.05, 0.1) is 5.69 Å². The van der Waals surface area contributed by atoms with Crippen molar-refractivity contribution >= 4 is 23.1 Å². The Morgan fingerprint density at radius 1 is 1.26 bits per heavy atom. The van der Waals surface area contributed by atoms with Crippen LogP contribution < -0.4 is 5.32 Å². The van der Waals surface area contributed by atoms with Crippen molar-refractivity contribution in [1.82, 2.24) is 10.3 Å². The lowest BCUT2D eigenvalue weighted by molar-refractivity contribution is 0.688. The van der Waals surface area contributed by atoms with Crippen LogP contribution in [0.4, 0.5) is 0 Å². The van der Waals surface area contributed by atoms with Crippen LogP contribution in [0.1, 0.15) is 68.0 Å². The molecule has 0 saturated heterocycles. The van der Waals surface area contributed by atoms with Crippen LogP contribution in [0.2, 0.25) is 0 Å². The molecule has 0 bridgehead atoms. The molecule has 1 aromatic heterocycles. The van der Waals surface area contributed by atoms with Gasteiger partial charge in [0.25, 0.3) is 0 Å². The summed E-state index contributed by atoms with van der Waals surface area (Å²) in [6, 6.07) is 0.793. The number of aromatic nitrogens is 1. The van der Waals surface area contributed by atoms with Gasteiger partial charge < -0.3 is 5.32 Å². The first-order valence-electron chi connectivity index (χ1n) is 7.37. The van der Waals surface area contributed by atoms with Gasteiger partial charge in [-0.3, -0.25) is 0 Å². The number of hydrogen-bond donors (Lipinski definition) is 1. The highest BCUT2D eigenvalue weighted by atomic mass is 32.2. The zero-order chi connectivity index (χ0) is 13.5. The van der Waals surface area contributed by atoms with Crippen molar-refractivity contribution in [3.05, 3.63) is 15.6 Å². The van der Waals surface area contributed by atoms with Crippen molar-refractivity contribution in [3.63, 3.8) is 0 Å². The highest BCUT2D eigenvalue weighted by Gasteiger charge is 2.30. The predicted octanol–water partition coefficient (Wildman–Crippen LogP) is 4.30. The zero-order valence-electron chi connectivity index (χ0n) is 12.2. The molecule has 1 aromatic rings. The smallest absolute Gasteiger partial charge is 0.103 e. The van der Waals surface area contributed by atoms with Crippen LogP contribution in [0.5, 0.6) is 0 Å². The van der Waals surface area contributed by atoms with Crippen LogP contribution in [0.15, 0.2) is 0 Å². The lowest BCUT2D eigenvalue weighted by Crippen LogP contribution is -2.15. The molecular formula is C15H24N2S2. The Balaban J connectivity index is 1.64. The molecule has 0 spiro atoms. The SMILES string of the molecule is CC(C)(C)SCc1nc(C2CC2)c(CNC2CC2)s1. The van der Waals surface area contributed by atoms with E-state index in [-0.39, 0.29) is 0 Å². The fraction of sp³-hybridized carbons (Fsp3) is 0.800. The fourth-order valence-electron chi connectivity index (χ4n) is 2.08. The molecule has 1 N–H and O–H groups in total. The largest absolute Gasteiger partial charge is 0.309 e. The van der Waals surface area contributed by atoms with E-state index in [1.54, 1.807) is 0 Å². The number of thiazole rings is 1. The number of nitrogens with one attached hydrogen (secondary N) is 1. The zero-order valence-corrected chi connectivity index (χ0v) is 13.8. The quantitative estimate of drug-likeness (QED) is 0.847. The summed E-state index contributed by atoms with van der Waals surface area (Å²) >= 11 is 3.95. The first kappa shape index (κ1) is 13.9. The van der Waals surface area contributed by atoms with Gasteiger partial charge in [0.15, 0.2) is 0 Å². The second kappa shape index (κ2) is 5.38. The summed E-state index contributed by atoms with van der Waals surface area (Å²) in [7, 11) is 0. The molecule has 4 heteroatoms. The van der Waals surface area contributed by atoms with Gasteiger partial charge in [-0.2, -0.15) is 0 Å². The number of thioether (sulfide) groups is 1. The summed E-state index contributed by atoms with van der Waals surface area (Å²) in [5, 5.41) is 4.97. The van der Waals surface area contributed by atoms with Crippen LogP contribution in [0.3, 0.4) is 0 Å². The highest BCUT2D eigenvalue weighted by Crippen LogP contribution is 2.43. The summed E-state index contributed by atoms with van der Waals surface area (Å²) in [5.74, 6) is 1.85. The minimum atomic E-state index is 0.331. The van der Waals surface area contributed by atoms with E-state index in [0.29, 0.717) is 4.75 Å². The lowest BCUT2D eigenvalue weighted by atomic mass is 10.2. The standard InChI is InChI=1S/C15H24N2S2/c1-15(2,3)18-9-13-17-14(10-4-5-10)12(19-13)8-16-11-6-7-11/h10-11,16H,4-9H2,1-3H3. The summed E-state index contributed by atoms with van der Waals surface area (Å²) in [4.78, 5) is 6.44. The third-order valence-corrected chi connectivity index (χ3v) is 6.03. The van der Waals surface area contributed by atoms with Crippen molar-refractivity contribution in [2.75, 3.05) is 0 Å². The van der Waals surface area contributed by atoms with Crippen molar-refractivity contribution in [1.29, 1.82) is 0 Å². The number of nitrogens with zero attached hydrogens (tertiary/aromatic N) is 1. The molecule has 0 radical (unpaired) electrons. The van der Waals surface area contributed by atoms with E-state index in [0.717, 1.165) is 24.3 Å². The van der Waals surface area contributed by atoms with Crippen molar-refractivity contribution in [2.24, 2.45) is 0 Å². The van der Waals surface area contributed by atoms with Gasteiger partial charge in [-0.1, -0.05) is 20.8 Å². The minimum Gasteiger partial charge on any atom is -0.309 e. The van der Waals surface area contributed by atoms with Gasteiger partial charge >= 0.3 is 0 Å². The molecule has 1 heterocycles. The molecule has 3 rings (SSSR count). The van der Waals surface area contributed by atoms with Gasteiger partial charge in [-0.05, 0) is 25.7 Å². The number of hydrogen-bond acceptors (Lipinski definition) is 4. The average Bonchev–Trinajstić information content (AvgIpc) is 3.22. The molecule has 2 aliphatic rings. The van der Waals surface area contributed by atoms with Crippen LogP contribution in [-0.2, 0) is 12.3 Å². The Morgan fingerprint density at radius 2 is 2.00 bits per heavy atom. The van der Waals surface area contributed by atoms with E-state index in [9.17, 15) is 0 Å². The van der Waals surface area contributed by atoms with Crippen molar-refractivity contribution < 1.29 is 0 Å². The number of rotatable bonds is 6. The van der Waals surface area contributed by atoms with E-state index in [2.05, 4.69) is 26.1 Å². The molecule has 0 aromatic carbocycles. The predicted molar refractivity (Wildman–Crippen MR) is 85.0 cm³/mol. The first-order chi connectivity index (χ1) is 9.01. The molecule has 0 amide bonds. The topological polar surface area (TPSA) is 24.9 Å². The van der Waals surface area contributed by atoms with Gasteiger partial charge in [-0.15, -0.1) is 23.1 Å². The van der Waals surface area contributed by atoms with Crippen LogP contribution >= 0.6 is 23.1 Å². The Labute approximate surface area is 124 Å². The summed E-state index contributed by atoms with van der Waals surface area (Å²) < 4.78 is 0.331. The summed E-state index contributed by atoms with van der Waals surface area (Å²) in [6.45, 7) is 7.89. The Bertz CT molecular complexity index is 439. The maximum absolute atomic E-state index is 4.93. The maximum atomic E-state index is 4.93. The third-order valence-electron chi connectivity index (χ3n) is 3.49. The molecule has 106 valence electrons. The molecule has 2 fully saturated rings. The maximum Gasteiger partial charge on any atom is 0.103 e. The molecule has 0 atom stereocenters. The molecule has 2 aliphatic carbocycles. The minimum absolute atomic E-state index is 0.331. The molecular weight excluding hydrogens is 272 g/mol. The van der Waals surface area contributed by atoms with Gasteiger partial charge in [0, 0.05) is 33.9 Å². The molecule has 19 heavy (non-hydrogen) atoms. The van der Waals surface area contributed by atoms with Crippen molar-refractivity contribution in [3.8, 4) is 0 Å². The van der Waals surface area contributed by atoms with Gasteiger partial charge in [0.1, 0.15) is 5.01 Å². The van der Waals surface area contributed by atoms with E-state index in [1.807, 2.05) is 23.1 Å². The highest BCUT2D eigenvalue weighted by molar-refractivity contribution is 7.99. The first-order valence-corrected chi connectivity index (χ1v) is 9.17. The normalized spacial score (nSPS) is 19.9. The third kappa shape index (κ3) is 4.20. The van der Waals surface area contributed by atoms with Gasteiger partial charge in [0.2, 0.25) is 0 Å². The average molecular weight is 297 g/mol. The molecule has 2 nitrogen and oxygen atoms in total. The van der Waals surface area contributed by atoms with E-state index in [4.69, 9.17) is 4.98 Å². The Hall–Kier alpha value is -0.0600. The van der Waals surface area contributed by atoms with Gasteiger partial charge in [-0.25, -0.2) is 4.98 Å². The van der Waals surface area contributed by atoms with Crippen LogP contribution in [0, 0.1) is 0 Å². The summed E-state index contributed by atoms with van der Waals surface area (Å²) in [5.41, 5.74) is 1.42. The molecule has 0 unspecified atom stereocenters. The summed E-state index contributed by atoms with van der Waals surface area (Å²) in [6.07, 6.45) is 5.44. The van der Waals surface area contributed by atoms with Crippen LogP contribution in [0.25, 0.3) is 0 Å². The molecule has 2 saturated carbocycles. The second-order valence-electron chi connectivity index (χ2n) is 6.75. The Kier molecular flexibility index (Phi) is 3.93. The Morgan fingerprint density at radius 3 is 2.58 bits per heavy atom. The van der Waals surface area contributed by atoms with E-state index >= 15 is 0 Å².